The molecule has 7 nitrogen and oxygen atoms in total. The Morgan fingerprint density at radius 3 is 2.95 bits per heavy atom. The topological polar surface area (TPSA) is 94.5 Å². The molecule has 3 aromatic rings. The van der Waals surface area contributed by atoms with Crippen molar-refractivity contribution in [3.05, 3.63) is 17.3 Å². The third-order valence-electron chi connectivity index (χ3n) is 2.47. The van der Waals surface area contributed by atoms with Gasteiger partial charge in [-0.3, -0.25) is 5.43 Å². The number of nitrogens with one attached hydrogen (secondary N) is 1. The van der Waals surface area contributed by atoms with Crippen molar-refractivity contribution in [3.8, 4) is 0 Å². The highest BCUT2D eigenvalue weighted by atomic mass is 32.2. The van der Waals surface area contributed by atoms with E-state index in [9.17, 15) is 0 Å². The lowest BCUT2D eigenvalue weighted by Gasteiger charge is -2.04. The summed E-state index contributed by atoms with van der Waals surface area (Å²) in [4.78, 5) is 15.0. The number of hydrogen-bond donors (Lipinski definition) is 2. The molecule has 98 valence electrons. The lowest BCUT2D eigenvalue weighted by Crippen LogP contribution is -2.10. The van der Waals surface area contributed by atoms with E-state index < -0.39 is 0 Å². The van der Waals surface area contributed by atoms with Crippen molar-refractivity contribution in [1.29, 1.82) is 0 Å². The average molecular weight is 293 g/mol. The SMILES string of the molecule is Cc1cc2c(Sc3ncnn3C)nc(NN)nc2s1. The normalized spacial score (nSPS) is 11.1. The fourth-order valence-corrected chi connectivity index (χ4v) is 3.42. The fourth-order valence-electron chi connectivity index (χ4n) is 1.62. The molecular formula is C10H11N7S2. The molecule has 0 spiro atoms. The van der Waals surface area contributed by atoms with Gasteiger partial charge in [-0.25, -0.2) is 25.5 Å². The van der Waals surface area contributed by atoms with E-state index in [-0.39, 0.29) is 0 Å². The summed E-state index contributed by atoms with van der Waals surface area (Å²) in [5.41, 5.74) is 2.49. The molecule has 3 rings (SSSR count). The summed E-state index contributed by atoms with van der Waals surface area (Å²) in [6, 6.07) is 2.07. The molecule has 0 unspecified atom stereocenters. The summed E-state index contributed by atoms with van der Waals surface area (Å²) >= 11 is 3.05. The molecular weight excluding hydrogens is 282 g/mol. The maximum atomic E-state index is 5.41. The van der Waals surface area contributed by atoms with Gasteiger partial charge in [-0.1, -0.05) is 0 Å². The third kappa shape index (κ3) is 2.27. The molecule has 3 heterocycles. The summed E-state index contributed by atoms with van der Waals surface area (Å²) in [6.45, 7) is 2.04. The van der Waals surface area contributed by atoms with Gasteiger partial charge in [0.25, 0.3) is 0 Å². The summed E-state index contributed by atoms with van der Waals surface area (Å²) in [5.74, 6) is 5.81. The molecule has 3 aromatic heterocycles. The zero-order chi connectivity index (χ0) is 13.4. The van der Waals surface area contributed by atoms with E-state index in [1.54, 1.807) is 16.0 Å². The Morgan fingerprint density at radius 1 is 1.42 bits per heavy atom. The maximum absolute atomic E-state index is 5.41. The van der Waals surface area contributed by atoms with E-state index in [0.29, 0.717) is 5.95 Å². The first kappa shape index (κ1) is 12.3. The number of nitrogens with zero attached hydrogens (tertiary/aromatic N) is 5. The predicted molar refractivity (Wildman–Crippen MR) is 75.1 cm³/mol. The molecule has 0 radical (unpaired) electrons. The number of rotatable bonds is 3. The van der Waals surface area contributed by atoms with Crippen molar-refractivity contribution in [1.82, 2.24) is 24.7 Å². The van der Waals surface area contributed by atoms with Crippen LogP contribution in [-0.4, -0.2) is 24.7 Å². The zero-order valence-corrected chi connectivity index (χ0v) is 11.9. The van der Waals surface area contributed by atoms with Gasteiger partial charge in [-0.2, -0.15) is 5.10 Å². The van der Waals surface area contributed by atoms with Gasteiger partial charge in [0.2, 0.25) is 5.95 Å². The highest BCUT2D eigenvalue weighted by molar-refractivity contribution is 7.99. The molecule has 0 aliphatic heterocycles. The number of nitrogen functional groups attached to an aromatic ring is 1. The Hall–Kier alpha value is -1.71. The molecule has 0 aromatic carbocycles. The zero-order valence-electron chi connectivity index (χ0n) is 10.3. The van der Waals surface area contributed by atoms with Crippen molar-refractivity contribution >= 4 is 39.3 Å². The van der Waals surface area contributed by atoms with Crippen molar-refractivity contribution in [2.75, 3.05) is 5.43 Å². The van der Waals surface area contributed by atoms with Crippen LogP contribution in [0, 0.1) is 6.92 Å². The quantitative estimate of drug-likeness (QED) is 0.430. The monoisotopic (exact) mass is 293 g/mol. The number of hydrazine groups is 1. The molecule has 19 heavy (non-hydrogen) atoms. The van der Waals surface area contributed by atoms with Crippen LogP contribution in [0.2, 0.25) is 0 Å². The van der Waals surface area contributed by atoms with E-state index in [1.165, 1.54) is 23.0 Å². The number of nitrogens with two attached hydrogens (primary N) is 1. The summed E-state index contributed by atoms with van der Waals surface area (Å²) < 4.78 is 1.70. The molecule has 0 bridgehead atoms. The van der Waals surface area contributed by atoms with Crippen LogP contribution in [0.3, 0.4) is 0 Å². The van der Waals surface area contributed by atoms with E-state index >= 15 is 0 Å². The van der Waals surface area contributed by atoms with Crippen molar-refractivity contribution in [2.24, 2.45) is 12.9 Å². The second-order valence-corrected chi connectivity index (χ2v) is 6.03. The maximum Gasteiger partial charge on any atom is 0.239 e. The van der Waals surface area contributed by atoms with Crippen LogP contribution in [0.4, 0.5) is 5.95 Å². The Balaban J connectivity index is 2.13. The highest BCUT2D eigenvalue weighted by Crippen LogP contribution is 2.34. The van der Waals surface area contributed by atoms with Crippen LogP contribution in [0.1, 0.15) is 4.88 Å². The molecule has 0 amide bonds. The van der Waals surface area contributed by atoms with Crippen molar-refractivity contribution in [3.63, 3.8) is 0 Å². The fraction of sp³-hybridized carbons (Fsp3) is 0.200. The lowest BCUT2D eigenvalue weighted by molar-refractivity contribution is 0.685. The van der Waals surface area contributed by atoms with Crippen LogP contribution < -0.4 is 11.3 Å². The Bertz CT molecular complexity index is 733. The largest absolute Gasteiger partial charge is 0.292 e. The van der Waals surface area contributed by atoms with E-state index in [0.717, 1.165) is 20.4 Å². The lowest BCUT2D eigenvalue weighted by atomic mass is 10.4. The van der Waals surface area contributed by atoms with Gasteiger partial charge in [0.15, 0.2) is 5.16 Å². The van der Waals surface area contributed by atoms with Gasteiger partial charge >= 0.3 is 0 Å². The minimum atomic E-state index is 0.402. The summed E-state index contributed by atoms with van der Waals surface area (Å²) in [5, 5.41) is 6.64. The predicted octanol–water partition coefficient (Wildman–Crippen LogP) is 1.57. The molecule has 0 aliphatic carbocycles. The van der Waals surface area contributed by atoms with Gasteiger partial charge in [-0.05, 0) is 24.8 Å². The number of aryl methyl sites for hydroxylation is 2. The first-order chi connectivity index (χ1) is 9.17. The van der Waals surface area contributed by atoms with Crippen LogP contribution >= 0.6 is 23.1 Å². The first-order valence-corrected chi connectivity index (χ1v) is 7.07. The molecule has 9 heteroatoms. The number of hydrogen-bond acceptors (Lipinski definition) is 8. The number of aromatic nitrogens is 5. The van der Waals surface area contributed by atoms with Gasteiger partial charge in [0, 0.05) is 17.3 Å². The standard InChI is InChI=1S/C10H11N7S2/c1-5-3-6-7(18-5)14-9(16-11)15-8(6)19-10-12-4-13-17(10)2/h3-4H,11H2,1-2H3,(H,14,15,16). The Labute approximate surface area is 117 Å². The summed E-state index contributed by atoms with van der Waals surface area (Å²) in [7, 11) is 1.84. The second-order valence-electron chi connectivity index (χ2n) is 3.84. The minimum Gasteiger partial charge on any atom is -0.292 e. The highest BCUT2D eigenvalue weighted by Gasteiger charge is 2.13. The van der Waals surface area contributed by atoms with Crippen molar-refractivity contribution < 1.29 is 0 Å². The molecule has 0 aliphatic rings. The van der Waals surface area contributed by atoms with E-state index in [4.69, 9.17) is 5.84 Å². The smallest absolute Gasteiger partial charge is 0.239 e. The molecule has 0 saturated carbocycles. The van der Waals surface area contributed by atoms with Crippen LogP contribution in [-0.2, 0) is 7.05 Å². The molecule has 0 atom stereocenters. The van der Waals surface area contributed by atoms with Gasteiger partial charge in [0.05, 0.1) is 0 Å². The molecule has 0 fully saturated rings. The van der Waals surface area contributed by atoms with Crippen molar-refractivity contribution in [2.45, 2.75) is 17.1 Å². The Kier molecular flexibility index (Phi) is 3.09. The Morgan fingerprint density at radius 2 is 2.26 bits per heavy atom. The summed E-state index contributed by atoms with van der Waals surface area (Å²) in [6.07, 6.45) is 1.52. The van der Waals surface area contributed by atoms with Gasteiger partial charge < -0.3 is 0 Å². The minimum absolute atomic E-state index is 0.402. The third-order valence-corrected chi connectivity index (χ3v) is 4.47. The van der Waals surface area contributed by atoms with Gasteiger partial charge in [0.1, 0.15) is 16.2 Å². The van der Waals surface area contributed by atoms with Gasteiger partial charge in [-0.15, -0.1) is 11.3 Å². The van der Waals surface area contributed by atoms with E-state index in [2.05, 4.69) is 31.5 Å². The second kappa shape index (κ2) is 4.76. The van der Waals surface area contributed by atoms with Crippen LogP contribution in [0.5, 0.6) is 0 Å². The molecule has 3 N–H and O–H groups in total. The van der Waals surface area contributed by atoms with Crippen LogP contribution in [0.15, 0.2) is 22.6 Å². The van der Waals surface area contributed by atoms with Crippen LogP contribution in [0.25, 0.3) is 10.2 Å². The number of thiophene rings is 1. The molecule has 0 saturated heterocycles. The number of fused-ring (bicyclic) bond motifs is 1. The average Bonchev–Trinajstić information content (AvgIpc) is 2.95. The first-order valence-electron chi connectivity index (χ1n) is 5.44. The van der Waals surface area contributed by atoms with E-state index in [1.807, 2.05) is 14.0 Å². The number of anilines is 1.